The van der Waals surface area contributed by atoms with Gasteiger partial charge in [0.15, 0.2) is 16.7 Å². The van der Waals surface area contributed by atoms with Crippen LogP contribution in [0.3, 0.4) is 0 Å². The smallest absolute Gasteiger partial charge is 0.233 e. The summed E-state index contributed by atoms with van der Waals surface area (Å²) >= 11 is 1.38. The highest BCUT2D eigenvalue weighted by Gasteiger charge is 2.12. The number of nitrogens with zero attached hydrogens (tertiary/aromatic N) is 3. The molecule has 2 rings (SSSR count). The number of halogens is 1. The van der Waals surface area contributed by atoms with E-state index in [4.69, 9.17) is 4.74 Å². The van der Waals surface area contributed by atoms with Gasteiger partial charge >= 0.3 is 0 Å². The summed E-state index contributed by atoms with van der Waals surface area (Å²) in [6.45, 7) is 0.348. The topological polar surface area (TPSA) is 47.4 Å². The SMILES string of the molecule is COc1ccc(CN(C)C(=O)CSc2nccn2C)cc1F. The number of rotatable bonds is 6. The number of carbonyl (C=O) groups excluding carboxylic acids is 1. The summed E-state index contributed by atoms with van der Waals surface area (Å²) in [6, 6.07) is 4.69. The number of methoxy groups -OCH3 is 1. The van der Waals surface area contributed by atoms with E-state index in [1.54, 1.807) is 30.3 Å². The molecule has 0 unspecified atom stereocenters. The van der Waals surface area contributed by atoms with Gasteiger partial charge in [0.2, 0.25) is 5.91 Å². The van der Waals surface area contributed by atoms with Crippen molar-refractivity contribution in [2.24, 2.45) is 7.05 Å². The maximum absolute atomic E-state index is 13.6. The summed E-state index contributed by atoms with van der Waals surface area (Å²) in [5.74, 6) is 0.0236. The maximum atomic E-state index is 13.6. The van der Waals surface area contributed by atoms with Crippen LogP contribution in [-0.4, -0.2) is 40.3 Å². The lowest BCUT2D eigenvalue weighted by Gasteiger charge is -2.17. The summed E-state index contributed by atoms with van der Waals surface area (Å²) in [7, 11) is 5.00. The molecule has 7 heteroatoms. The second kappa shape index (κ2) is 7.31. The fourth-order valence-corrected chi connectivity index (χ4v) is 2.77. The van der Waals surface area contributed by atoms with Crippen molar-refractivity contribution in [3.63, 3.8) is 0 Å². The van der Waals surface area contributed by atoms with Crippen LogP contribution < -0.4 is 4.74 Å². The molecule has 0 saturated carbocycles. The Labute approximate surface area is 133 Å². The van der Waals surface area contributed by atoms with Crippen LogP contribution in [0.15, 0.2) is 35.7 Å². The van der Waals surface area contributed by atoms with Gasteiger partial charge in [0.25, 0.3) is 0 Å². The van der Waals surface area contributed by atoms with E-state index in [0.717, 1.165) is 10.7 Å². The summed E-state index contributed by atoms with van der Waals surface area (Å²) in [5.41, 5.74) is 0.719. The van der Waals surface area contributed by atoms with Crippen molar-refractivity contribution < 1.29 is 13.9 Å². The van der Waals surface area contributed by atoms with Gasteiger partial charge in [-0.3, -0.25) is 4.79 Å². The second-order valence-corrected chi connectivity index (χ2v) is 5.77. The molecule has 118 valence electrons. The van der Waals surface area contributed by atoms with Gasteiger partial charge in [-0.15, -0.1) is 0 Å². The first-order valence-corrected chi connectivity index (χ1v) is 7.66. The van der Waals surface area contributed by atoms with Crippen LogP contribution in [0.2, 0.25) is 0 Å². The molecule has 0 spiro atoms. The van der Waals surface area contributed by atoms with E-state index < -0.39 is 5.82 Å². The molecule has 0 bridgehead atoms. The standard InChI is InChI=1S/C15H18FN3O2S/c1-18-7-6-17-15(18)22-10-14(20)19(2)9-11-4-5-13(21-3)12(16)8-11/h4-8H,9-10H2,1-3H3. The van der Waals surface area contributed by atoms with Gasteiger partial charge in [-0.2, -0.15) is 0 Å². The molecule has 0 fully saturated rings. The first-order valence-electron chi connectivity index (χ1n) is 6.67. The summed E-state index contributed by atoms with van der Waals surface area (Å²) in [5, 5.41) is 0.789. The molecule has 22 heavy (non-hydrogen) atoms. The van der Waals surface area contributed by atoms with Crippen LogP contribution >= 0.6 is 11.8 Å². The number of imidazole rings is 1. The van der Waals surface area contributed by atoms with Gasteiger partial charge in [0.1, 0.15) is 0 Å². The summed E-state index contributed by atoms with van der Waals surface area (Å²) in [4.78, 5) is 17.8. The molecule has 2 aromatic rings. The lowest BCUT2D eigenvalue weighted by atomic mass is 10.2. The van der Waals surface area contributed by atoms with Crippen LogP contribution in [0.5, 0.6) is 5.75 Å². The van der Waals surface area contributed by atoms with Crippen molar-refractivity contribution in [2.45, 2.75) is 11.7 Å². The van der Waals surface area contributed by atoms with Crippen molar-refractivity contribution >= 4 is 17.7 Å². The van der Waals surface area contributed by atoms with Crippen molar-refractivity contribution in [3.8, 4) is 5.75 Å². The fourth-order valence-electron chi connectivity index (χ4n) is 1.90. The van der Waals surface area contributed by atoms with E-state index in [9.17, 15) is 9.18 Å². The van der Waals surface area contributed by atoms with Gasteiger partial charge < -0.3 is 14.2 Å². The molecule has 1 heterocycles. The first-order chi connectivity index (χ1) is 10.5. The third kappa shape index (κ3) is 4.00. The quantitative estimate of drug-likeness (QED) is 0.766. The largest absolute Gasteiger partial charge is 0.494 e. The zero-order valence-corrected chi connectivity index (χ0v) is 13.6. The monoisotopic (exact) mass is 323 g/mol. The van der Waals surface area contributed by atoms with Crippen LogP contribution in [0.25, 0.3) is 0 Å². The Hall–Kier alpha value is -2.02. The molecule has 0 radical (unpaired) electrons. The van der Waals surface area contributed by atoms with Crippen LogP contribution in [0, 0.1) is 5.82 Å². The molecule has 0 aliphatic heterocycles. The molecule has 0 atom stereocenters. The molecule has 1 aromatic heterocycles. The molecule has 5 nitrogen and oxygen atoms in total. The van der Waals surface area contributed by atoms with Gasteiger partial charge in [0.05, 0.1) is 12.9 Å². The zero-order chi connectivity index (χ0) is 16.1. The molecular weight excluding hydrogens is 305 g/mol. The highest BCUT2D eigenvalue weighted by Crippen LogP contribution is 2.19. The number of thioether (sulfide) groups is 1. The van der Waals surface area contributed by atoms with Gasteiger partial charge in [-0.25, -0.2) is 9.37 Å². The van der Waals surface area contributed by atoms with Crippen molar-refractivity contribution in [2.75, 3.05) is 19.9 Å². The number of amides is 1. The molecule has 0 saturated heterocycles. The van der Waals surface area contributed by atoms with Crippen molar-refractivity contribution in [1.82, 2.24) is 14.5 Å². The Morgan fingerprint density at radius 3 is 2.86 bits per heavy atom. The molecule has 0 aliphatic carbocycles. The first kappa shape index (κ1) is 16.4. The van der Waals surface area contributed by atoms with Crippen molar-refractivity contribution in [1.29, 1.82) is 0 Å². The van der Waals surface area contributed by atoms with E-state index in [1.165, 1.54) is 24.9 Å². The average molecular weight is 323 g/mol. The number of ether oxygens (including phenoxy) is 1. The highest BCUT2D eigenvalue weighted by atomic mass is 32.2. The minimum Gasteiger partial charge on any atom is -0.494 e. The van der Waals surface area contributed by atoms with Crippen LogP contribution in [0.4, 0.5) is 4.39 Å². The van der Waals surface area contributed by atoms with E-state index in [-0.39, 0.29) is 11.7 Å². The fraction of sp³-hybridized carbons (Fsp3) is 0.333. The van der Waals surface area contributed by atoms with E-state index in [2.05, 4.69) is 4.98 Å². The minimum absolute atomic E-state index is 0.0378. The predicted molar refractivity (Wildman–Crippen MR) is 83.4 cm³/mol. The average Bonchev–Trinajstić information content (AvgIpc) is 2.90. The molecule has 1 aromatic carbocycles. The lowest BCUT2D eigenvalue weighted by Crippen LogP contribution is -2.28. The Morgan fingerprint density at radius 1 is 1.50 bits per heavy atom. The molecular formula is C15H18FN3O2S. The lowest BCUT2D eigenvalue weighted by molar-refractivity contribution is -0.127. The number of hydrogen-bond donors (Lipinski definition) is 0. The maximum Gasteiger partial charge on any atom is 0.233 e. The number of aryl methyl sites for hydroxylation is 1. The van der Waals surface area contributed by atoms with E-state index in [1.807, 2.05) is 17.8 Å². The van der Waals surface area contributed by atoms with Crippen LogP contribution in [0.1, 0.15) is 5.56 Å². The van der Waals surface area contributed by atoms with Crippen molar-refractivity contribution in [3.05, 3.63) is 42.0 Å². The molecule has 0 N–H and O–H groups in total. The van der Waals surface area contributed by atoms with E-state index >= 15 is 0 Å². The third-order valence-corrected chi connectivity index (χ3v) is 4.21. The number of hydrogen-bond acceptors (Lipinski definition) is 4. The third-order valence-electron chi connectivity index (χ3n) is 3.16. The number of carbonyl (C=O) groups is 1. The molecule has 0 aliphatic rings. The Balaban J connectivity index is 1.91. The predicted octanol–water partition coefficient (Wildman–Crippen LogP) is 2.32. The summed E-state index contributed by atoms with van der Waals surface area (Å²) < 4.78 is 20.4. The Morgan fingerprint density at radius 2 is 2.27 bits per heavy atom. The Kier molecular flexibility index (Phi) is 5.43. The van der Waals surface area contributed by atoms with Gasteiger partial charge in [0, 0.05) is 33.0 Å². The number of aromatic nitrogens is 2. The Bertz CT molecular complexity index is 660. The van der Waals surface area contributed by atoms with Crippen LogP contribution in [-0.2, 0) is 18.4 Å². The van der Waals surface area contributed by atoms with E-state index in [0.29, 0.717) is 12.3 Å². The summed E-state index contributed by atoms with van der Waals surface area (Å²) in [6.07, 6.45) is 3.52. The minimum atomic E-state index is -0.428. The zero-order valence-electron chi connectivity index (χ0n) is 12.7. The van der Waals surface area contributed by atoms with Gasteiger partial charge in [-0.05, 0) is 17.7 Å². The molecule has 1 amide bonds. The van der Waals surface area contributed by atoms with Gasteiger partial charge in [-0.1, -0.05) is 17.8 Å². The highest BCUT2D eigenvalue weighted by molar-refractivity contribution is 7.99. The normalized spacial score (nSPS) is 10.5. The number of benzene rings is 1. The second-order valence-electron chi connectivity index (χ2n) is 4.83.